The Bertz CT molecular complexity index is 349. The molecule has 1 heterocycles. The lowest BCUT2D eigenvalue weighted by Gasteiger charge is -2.09. The van der Waals surface area contributed by atoms with E-state index >= 15 is 0 Å². The minimum Gasteiger partial charge on any atom is -0.480 e. The third-order valence-electron chi connectivity index (χ3n) is 2.53. The van der Waals surface area contributed by atoms with E-state index in [9.17, 15) is 4.79 Å². The molecule has 0 aliphatic carbocycles. The average Bonchev–Trinajstić information content (AvgIpc) is 2.45. The summed E-state index contributed by atoms with van der Waals surface area (Å²) in [5.41, 5.74) is 2.04. The van der Waals surface area contributed by atoms with Crippen LogP contribution in [-0.4, -0.2) is 17.1 Å². The zero-order valence-electron chi connectivity index (χ0n) is 7.32. The van der Waals surface area contributed by atoms with Crippen molar-refractivity contribution in [3.8, 4) is 0 Å². The van der Waals surface area contributed by atoms with E-state index in [1.807, 2.05) is 31.2 Å². The molecule has 68 valence electrons. The molecular formula is C10H11NO2. The van der Waals surface area contributed by atoms with Gasteiger partial charge >= 0.3 is 5.97 Å². The van der Waals surface area contributed by atoms with Crippen LogP contribution in [-0.2, 0) is 4.79 Å². The first-order chi connectivity index (χ1) is 6.20. The summed E-state index contributed by atoms with van der Waals surface area (Å²) in [6, 6.07) is 7.24. The van der Waals surface area contributed by atoms with Crippen LogP contribution in [0.1, 0.15) is 18.4 Å². The molecule has 13 heavy (non-hydrogen) atoms. The van der Waals surface area contributed by atoms with Gasteiger partial charge in [-0.2, -0.15) is 0 Å². The Hall–Kier alpha value is -1.51. The Morgan fingerprint density at radius 1 is 1.46 bits per heavy atom. The maximum atomic E-state index is 10.8. The van der Waals surface area contributed by atoms with Crippen LogP contribution < -0.4 is 5.32 Å². The summed E-state index contributed by atoms with van der Waals surface area (Å²) in [5.74, 6) is -0.739. The molecule has 1 aromatic carbocycles. The topological polar surface area (TPSA) is 49.3 Å². The van der Waals surface area contributed by atoms with E-state index < -0.39 is 12.0 Å². The predicted octanol–water partition coefficient (Wildman–Crippen LogP) is 1.67. The number of benzene rings is 1. The SMILES string of the molecule is C[C@@H]1c2ccccc2N[C@H]1C(=O)O. The van der Waals surface area contributed by atoms with Gasteiger partial charge in [0.15, 0.2) is 0 Å². The number of nitrogens with one attached hydrogen (secondary N) is 1. The second kappa shape index (κ2) is 2.76. The van der Waals surface area contributed by atoms with Crippen LogP contribution in [0, 0.1) is 0 Å². The van der Waals surface area contributed by atoms with Crippen molar-refractivity contribution < 1.29 is 9.90 Å². The van der Waals surface area contributed by atoms with Gasteiger partial charge in [0.25, 0.3) is 0 Å². The minimum absolute atomic E-state index is 0.0497. The fourth-order valence-corrected chi connectivity index (χ4v) is 1.77. The molecule has 2 rings (SSSR count). The number of carboxylic acid groups (broad SMARTS) is 1. The molecule has 1 aliphatic rings. The summed E-state index contributed by atoms with van der Waals surface area (Å²) in [4.78, 5) is 10.8. The Labute approximate surface area is 76.4 Å². The van der Waals surface area contributed by atoms with Crippen LogP contribution in [0.4, 0.5) is 5.69 Å². The van der Waals surface area contributed by atoms with E-state index in [1.54, 1.807) is 0 Å². The quantitative estimate of drug-likeness (QED) is 0.686. The highest BCUT2D eigenvalue weighted by Crippen LogP contribution is 2.35. The lowest BCUT2D eigenvalue weighted by molar-refractivity contribution is -0.138. The number of carbonyl (C=O) groups is 1. The molecular weight excluding hydrogens is 166 g/mol. The van der Waals surface area contributed by atoms with E-state index in [4.69, 9.17) is 5.11 Å². The number of anilines is 1. The zero-order chi connectivity index (χ0) is 9.42. The van der Waals surface area contributed by atoms with Crippen molar-refractivity contribution in [1.29, 1.82) is 0 Å². The molecule has 2 atom stereocenters. The van der Waals surface area contributed by atoms with Gasteiger partial charge in [0, 0.05) is 11.6 Å². The Morgan fingerprint density at radius 3 is 2.77 bits per heavy atom. The van der Waals surface area contributed by atoms with Crippen molar-refractivity contribution in [2.75, 3.05) is 5.32 Å². The molecule has 1 aromatic rings. The Balaban J connectivity index is 2.38. The fourth-order valence-electron chi connectivity index (χ4n) is 1.77. The van der Waals surface area contributed by atoms with E-state index in [1.165, 1.54) is 0 Å². The normalized spacial score (nSPS) is 25.0. The molecule has 0 unspecified atom stereocenters. The van der Waals surface area contributed by atoms with Crippen molar-refractivity contribution in [2.24, 2.45) is 0 Å². The van der Waals surface area contributed by atoms with Crippen LogP contribution in [0.5, 0.6) is 0 Å². The van der Waals surface area contributed by atoms with Crippen LogP contribution in [0.2, 0.25) is 0 Å². The smallest absolute Gasteiger partial charge is 0.326 e. The summed E-state index contributed by atoms with van der Waals surface area (Å²) >= 11 is 0. The van der Waals surface area contributed by atoms with Crippen molar-refractivity contribution in [2.45, 2.75) is 18.9 Å². The predicted molar refractivity (Wildman–Crippen MR) is 49.9 cm³/mol. The number of hydrogen-bond donors (Lipinski definition) is 2. The molecule has 0 saturated heterocycles. The maximum absolute atomic E-state index is 10.8. The zero-order valence-corrected chi connectivity index (χ0v) is 7.32. The first-order valence-electron chi connectivity index (χ1n) is 4.28. The highest BCUT2D eigenvalue weighted by Gasteiger charge is 2.33. The molecule has 0 aromatic heterocycles. The van der Waals surface area contributed by atoms with Gasteiger partial charge in [-0.05, 0) is 11.6 Å². The first-order valence-corrected chi connectivity index (χ1v) is 4.28. The largest absolute Gasteiger partial charge is 0.480 e. The number of aliphatic carboxylic acids is 1. The lowest BCUT2D eigenvalue weighted by Crippen LogP contribution is -2.28. The van der Waals surface area contributed by atoms with E-state index in [-0.39, 0.29) is 5.92 Å². The van der Waals surface area contributed by atoms with Crippen LogP contribution in [0.3, 0.4) is 0 Å². The first kappa shape index (κ1) is 8.10. The maximum Gasteiger partial charge on any atom is 0.326 e. The Kier molecular flexibility index (Phi) is 1.72. The van der Waals surface area contributed by atoms with Crippen molar-refractivity contribution in [3.05, 3.63) is 29.8 Å². The van der Waals surface area contributed by atoms with E-state index in [2.05, 4.69) is 5.32 Å². The number of rotatable bonds is 1. The second-order valence-corrected chi connectivity index (χ2v) is 3.34. The van der Waals surface area contributed by atoms with Crippen molar-refractivity contribution >= 4 is 11.7 Å². The molecule has 0 saturated carbocycles. The van der Waals surface area contributed by atoms with Gasteiger partial charge in [-0.3, -0.25) is 0 Å². The lowest BCUT2D eigenvalue weighted by atomic mass is 9.98. The molecule has 1 aliphatic heterocycles. The summed E-state index contributed by atoms with van der Waals surface area (Å²) < 4.78 is 0. The molecule has 3 nitrogen and oxygen atoms in total. The summed E-state index contributed by atoms with van der Waals surface area (Å²) in [6.45, 7) is 1.93. The third kappa shape index (κ3) is 1.16. The highest BCUT2D eigenvalue weighted by atomic mass is 16.4. The number of fused-ring (bicyclic) bond motifs is 1. The molecule has 0 spiro atoms. The molecule has 2 N–H and O–H groups in total. The summed E-state index contributed by atoms with van der Waals surface area (Å²) in [6.07, 6.45) is 0. The molecule has 0 amide bonds. The highest BCUT2D eigenvalue weighted by molar-refractivity contribution is 5.82. The van der Waals surface area contributed by atoms with Crippen molar-refractivity contribution in [1.82, 2.24) is 0 Å². The van der Waals surface area contributed by atoms with Gasteiger partial charge < -0.3 is 10.4 Å². The summed E-state index contributed by atoms with van der Waals surface area (Å²) in [7, 11) is 0. The summed E-state index contributed by atoms with van der Waals surface area (Å²) in [5, 5.41) is 11.9. The van der Waals surface area contributed by atoms with Gasteiger partial charge in [0.1, 0.15) is 6.04 Å². The average molecular weight is 177 g/mol. The van der Waals surface area contributed by atoms with Crippen LogP contribution >= 0.6 is 0 Å². The fraction of sp³-hybridized carbons (Fsp3) is 0.300. The van der Waals surface area contributed by atoms with E-state index in [0.29, 0.717) is 0 Å². The van der Waals surface area contributed by atoms with Gasteiger partial charge in [-0.15, -0.1) is 0 Å². The van der Waals surface area contributed by atoms with Gasteiger partial charge in [0.2, 0.25) is 0 Å². The van der Waals surface area contributed by atoms with Crippen LogP contribution in [0.15, 0.2) is 24.3 Å². The third-order valence-corrected chi connectivity index (χ3v) is 2.53. The molecule has 0 bridgehead atoms. The van der Waals surface area contributed by atoms with E-state index in [0.717, 1.165) is 11.3 Å². The molecule has 0 fully saturated rings. The number of hydrogen-bond acceptors (Lipinski definition) is 2. The standard InChI is InChI=1S/C10H11NO2/c1-6-7-4-2-3-5-8(7)11-9(6)10(12)13/h2-6,9,11H,1H3,(H,12,13)/t6-,9-/m1/s1. The van der Waals surface area contributed by atoms with Gasteiger partial charge in [0.05, 0.1) is 0 Å². The number of para-hydroxylation sites is 1. The molecule has 0 radical (unpaired) electrons. The minimum atomic E-state index is -0.788. The monoisotopic (exact) mass is 177 g/mol. The van der Waals surface area contributed by atoms with Crippen molar-refractivity contribution in [3.63, 3.8) is 0 Å². The van der Waals surface area contributed by atoms with Crippen LogP contribution in [0.25, 0.3) is 0 Å². The second-order valence-electron chi connectivity index (χ2n) is 3.34. The van der Waals surface area contributed by atoms with Gasteiger partial charge in [-0.25, -0.2) is 4.79 Å². The number of carboxylic acids is 1. The Morgan fingerprint density at radius 2 is 2.15 bits per heavy atom. The molecule has 3 heteroatoms. The van der Waals surface area contributed by atoms with Gasteiger partial charge in [-0.1, -0.05) is 25.1 Å².